The van der Waals surface area contributed by atoms with Crippen molar-refractivity contribution in [2.24, 2.45) is 0 Å². The number of benzene rings is 2. The number of carbonyl (C=O) groups is 1. The van der Waals surface area contributed by atoms with Crippen LogP contribution in [-0.4, -0.2) is 43.7 Å². The van der Waals surface area contributed by atoms with Crippen molar-refractivity contribution >= 4 is 11.6 Å². The molecule has 1 atom stereocenters. The summed E-state index contributed by atoms with van der Waals surface area (Å²) < 4.78 is 24.4. The minimum atomic E-state index is -0.265. The van der Waals surface area contributed by atoms with Crippen molar-refractivity contribution in [3.63, 3.8) is 0 Å². The van der Waals surface area contributed by atoms with E-state index in [1.165, 1.54) is 12.1 Å². The summed E-state index contributed by atoms with van der Waals surface area (Å²) in [5.74, 6) is 0.245. The van der Waals surface area contributed by atoms with Crippen LogP contribution in [0.15, 0.2) is 48.5 Å². The van der Waals surface area contributed by atoms with E-state index in [1.807, 2.05) is 36.2 Å². The van der Waals surface area contributed by atoms with Gasteiger partial charge in [-0.05, 0) is 49.7 Å². The summed E-state index contributed by atoms with van der Waals surface area (Å²) in [4.78, 5) is 14.3. The zero-order chi connectivity index (χ0) is 19.1. The molecule has 1 unspecified atom stereocenters. The van der Waals surface area contributed by atoms with E-state index in [0.29, 0.717) is 24.6 Å². The Bertz CT molecular complexity index is 745. The number of anilines is 1. The van der Waals surface area contributed by atoms with Gasteiger partial charge in [-0.2, -0.15) is 0 Å². The van der Waals surface area contributed by atoms with Gasteiger partial charge in [-0.3, -0.25) is 9.69 Å². The smallest absolute Gasteiger partial charge is 0.238 e. The van der Waals surface area contributed by atoms with Gasteiger partial charge in [0.2, 0.25) is 5.91 Å². The normalized spacial score (nSPS) is 16.5. The Morgan fingerprint density at radius 2 is 2.04 bits per heavy atom. The van der Waals surface area contributed by atoms with Gasteiger partial charge in [0.05, 0.1) is 18.3 Å². The Balaban J connectivity index is 1.51. The van der Waals surface area contributed by atoms with E-state index in [2.05, 4.69) is 5.32 Å². The van der Waals surface area contributed by atoms with Crippen LogP contribution in [0.1, 0.15) is 18.4 Å². The zero-order valence-electron chi connectivity index (χ0n) is 15.5. The molecule has 27 heavy (non-hydrogen) atoms. The molecule has 0 spiro atoms. The van der Waals surface area contributed by atoms with Crippen molar-refractivity contribution in [1.29, 1.82) is 0 Å². The molecule has 1 aliphatic heterocycles. The van der Waals surface area contributed by atoms with E-state index in [-0.39, 0.29) is 24.4 Å². The van der Waals surface area contributed by atoms with Crippen LogP contribution in [0.4, 0.5) is 10.1 Å². The Labute approximate surface area is 159 Å². The fourth-order valence-electron chi connectivity index (χ4n) is 3.05. The number of hydrogen-bond donors (Lipinski definition) is 1. The van der Waals surface area contributed by atoms with Gasteiger partial charge in [0.1, 0.15) is 18.2 Å². The zero-order valence-corrected chi connectivity index (χ0v) is 15.5. The molecule has 144 valence electrons. The summed E-state index contributed by atoms with van der Waals surface area (Å²) in [7, 11) is 1.85. The molecular formula is C21H25FN2O3. The third-order valence-corrected chi connectivity index (χ3v) is 4.39. The quantitative estimate of drug-likeness (QED) is 0.771. The lowest BCUT2D eigenvalue weighted by Gasteiger charge is -2.18. The number of nitrogens with one attached hydrogen (secondary N) is 1. The van der Waals surface area contributed by atoms with Crippen LogP contribution in [-0.2, 0) is 16.1 Å². The predicted octanol–water partition coefficient (Wildman–Crippen LogP) is 3.45. The third kappa shape index (κ3) is 6.05. The van der Waals surface area contributed by atoms with Gasteiger partial charge in [-0.25, -0.2) is 4.39 Å². The Hall–Kier alpha value is -2.44. The molecule has 2 aromatic rings. The summed E-state index contributed by atoms with van der Waals surface area (Å²) in [6.07, 6.45) is 2.19. The molecule has 0 saturated carbocycles. The molecule has 0 bridgehead atoms. The van der Waals surface area contributed by atoms with Gasteiger partial charge in [0.15, 0.2) is 0 Å². The number of para-hydroxylation sites is 2. The molecule has 1 amide bonds. The summed E-state index contributed by atoms with van der Waals surface area (Å²) in [5.41, 5.74) is 1.60. The molecule has 1 fully saturated rings. The van der Waals surface area contributed by atoms with Gasteiger partial charge in [0.25, 0.3) is 0 Å². The second kappa shape index (κ2) is 9.48. The molecule has 1 heterocycles. The van der Waals surface area contributed by atoms with Gasteiger partial charge in [0, 0.05) is 13.2 Å². The third-order valence-electron chi connectivity index (χ3n) is 4.39. The molecule has 1 saturated heterocycles. The molecule has 0 aliphatic carbocycles. The molecule has 1 aliphatic rings. The van der Waals surface area contributed by atoms with Crippen LogP contribution in [0.3, 0.4) is 0 Å². The lowest BCUT2D eigenvalue weighted by atomic mass is 10.2. The second-order valence-corrected chi connectivity index (χ2v) is 6.79. The number of hydrogen-bond acceptors (Lipinski definition) is 4. The van der Waals surface area contributed by atoms with E-state index < -0.39 is 0 Å². The van der Waals surface area contributed by atoms with Crippen LogP contribution >= 0.6 is 0 Å². The van der Waals surface area contributed by atoms with Crippen LogP contribution in [0.2, 0.25) is 0 Å². The van der Waals surface area contributed by atoms with Crippen LogP contribution in [0.5, 0.6) is 5.75 Å². The topological polar surface area (TPSA) is 50.8 Å². The number of nitrogens with zero attached hydrogens (tertiary/aromatic N) is 1. The average Bonchev–Trinajstić information content (AvgIpc) is 3.16. The highest BCUT2D eigenvalue weighted by Gasteiger charge is 2.17. The molecule has 1 N–H and O–H groups in total. The van der Waals surface area contributed by atoms with Crippen molar-refractivity contribution in [2.75, 3.05) is 32.1 Å². The van der Waals surface area contributed by atoms with Gasteiger partial charge < -0.3 is 14.8 Å². The van der Waals surface area contributed by atoms with Crippen LogP contribution in [0.25, 0.3) is 0 Å². The summed E-state index contributed by atoms with van der Waals surface area (Å²) in [5, 5.41) is 2.91. The maximum absolute atomic E-state index is 13.0. The standard InChI is InChI=1S/C21H25FN2O3/c1-24(13-16-8-10-17(22)11-9-16)14-21(25)23-19-6-2-3-7-20(19)27-15-18-5-4-12-26-18/h2-3,6-11,18H,4-5,12-15H2,1H3,(H,23,25). The van der Waals surface area contributed by atoms with Gasteiger partial charge >= 0.3 is 0 Å². The lowest BCUT2D eigenvalue weighted by molar-refractivity contribution is -0.117. The number of amides is 1. The van der Waals surface area contributed by atoms with Gasteiger partial charge in [-0.1, -0.05) is 24.3 Å². The molecule has 2 aromatic carbocycles. The maximum Gasteiger partial charge on any atom is 0.238 e. The first-order valence-electron chi connectivity index (χ1n) is 9.16. The first kappa shape index (κ1) is 19.3. The average molecular weight is 372 g/mol. The fourth-order valence-corrected chi connectivity index (χ4v) is 3.05. The molecule has 5 nitrogen and oxygen atoms in total. The molecule has 0 radical (unpaired) electrons. The number of likely N-dealkylation sites (N-methyl/N-ethyl adjacent to an activating group) is 1. The van der Waals surface area contributed by atoms with Gasteiger partial charge in [-0.15, -0.1) is 0 Å². The second-order valence-electron chi connectivity index (χ2n) is 6.79. The summed E-state index contributed by atoms with van der Waals surface area (Å²) in [6.45, 7) is 2.05. The largest absolute Gasteiger partial charge is 0.489 e. The van der Waals surface area contributed by atoms with Crippen molar-refractivity contribution in [2.45, 2.75) is 25.5 Å². The molecular weight excluding hydrogens is 347 g/mol. The summed E-state index contributed by atoms with van der Waals surface area (Å²) >= 11 is 0. The van der Waals surface area contributed by atoms with E-state index >= 15 is 0 Å². The molecule has 0 aromatic heterocycles. The fraction of sp³-hybridized carbons (Fsp3) is 0.381. The molecule has 6 heteroatoms. The number of halogens is 1. The van der Waals surface area contributed by atoms with Crippen LogP contribution < -0.4 is 10.1 Å². The Morgan fingerprint density at radius 3 is 2.78 bits per heavy atom. The van der Waals surface area contributed by atoms with E-state index in [4.69, 9.17) is 9.47 Å². The molecule has 3 rings (SSSR count). The minimum absolute atomic E-state index is 0.121. The lowest BCUT2D eigenvalue weighted by Crippen LogP contribution is -2.30. The number of ether oxygens (including phenoxy) is 2. The Kier molecular flexibility index (Phi) is 6.79. The van der Waals surface area contributed by atoms with Crippen LogP contribution in [0, 0.1) is 5.82 Å². The minimum Gasteiger partial charge on any atom is -0.489 e. The number of rotatable bonds is 8. The first-order chi connectivity index (χ1) is 13.1. The predicted molar refractivity (Wildman–Crippen MR) is 102 cm³/mol. The number of carbonyl (C=O) groups excluding carboxylic acids is 1. The monoisotopic (exact) mass is 372 g/mol. The maximum atomic E-state index is 13.0. The highest BCUT2D eigenvalue weighted by atomic mass is 19.1. The van der Waals surface area contributed by atoms with E-state index in [0.717, 1.165) is 25.0 Å². The van der Waals surface area contributed by atoms with Crippen molar-refractivity contribution in [3.05, 3.63) is 59.9 Å². The highest BCUT2D eigenvalue weighted by molar-refractivity contribution is 5.93. The van der Waals surface area contributed by atoms with E-state index in [1.54, 1.807) is 12.1 Å². The van der Waals surface area contributed by atoms with Crippen molar-refractivity contribution in [1.82, 2.24) is 4.90 Å². The highest BCUT2D eigenvalue weighted by Crippen LogP contribution is 2.25. The van der Waals surface area contributed by atoms with E-state index in [9.17, 15) is 9.18 Å². The SMILES string of the molecule is CN(CC(=O)Nc1ccccc1OCC1CCCO1)Cc1ccc(F)cc1. The van der Waals surface area contributed by atoms with Crippen molar-refractivity contribution in [3.8, 4) is 5.75 Å². The van der Waals surface area contributed by atoms with Crippen molar-refractivity contribution < 1.29 is 18.7 Å². The Morgan fingerprint density at radius 1 is 1.26 bits per heavy atom. The first-order valence-corrected chi connectivity index (χ1v) is 9.16. The summed E-state index contributed by atoms with van der Waals surface area (Å²) in [6, 6.07) is 13.7.